The van der Waals surface area contributed by atoms with E-state index < -0.39 is 0 Å². The number of nitrogen functional groups attached to an aromatic ring is 1. The quantitative estimate of drug-likeness (QED) is 0.380. The number of aromatic nitrogens is 5. The number of nitrogens with two attached hydrogens (primary N) is 1. The van der Waals surface area contributed by atoms with Gasteiger partial charge in [-0.2, -0.15) is 0 Å². The smallest absolute Gasteiger partial charge is 0.247 e. The fraction of sp³-hybridized carbons (Fsp3) is 0.0588. The molecule has 0 saturated heterocycles. The Kier molecular flexibility index (Phi) is 5.02. The van der Waals surface area contributed by atoms with E-state index in [1.165, 1.54) is 16.4 Å². The van der Waals surface area contributed by atoms with E-state index in [0.717, 1.165) is 5.56 Å². The summed E-state index contributed by atoms with van der Waals surface area (Å²) in [6, 6.07) is 14.5. The summed E-state index contributed by atoms with van der Waals surface area (Å²) in [4.78, 5) is 0. The molecule has 136 valence electrons. The summed E-state index contributed by atoms with van der Waals surface area (Å²) in [7, 11) is 0. The molecule has 0 saturated carbocycles. The molecule has 7 nitrogen and oxygen atoms in total. The van der Waals surface area contributed by atoms with Crippen molar-refractivity contribution in [3.63, 3.8) is 0 Å². The van der Waals surface area contributed by atoms with Crippen molar-refractivity contribution >= 4 is 35.0 Å². The number of benzene rings is 2. The van der Waals surface area contributed by atoms with Crippen molar-refractivity contribution in [2.75, 3.05) is 5.84 Å². The average molecular weight is 419 g/mol. The van der Waals surface area contributed by atoms with Crippen molar-refractivity contribution < 1.29 is 4.42 Å². The van der Waals surface area contributed by atoms with Crippen molar-refractivity contribution in [2.24, 2.45) is 0 Å². The third-order valence-electron chi connectivity index (χ3n) is 3.66. The number of hydrogen-bond donors (Lipinski definition) is 1. The van der Waals surface area contributed by atoms with Gasteiger partial charge in [-0.15, -0.1) is 20.4 Å². The zero-order chi connectivity index (χ0) is 18.8. The Morgan fingerprint density at radius 2 is 1.74 bits per heavy atom. The third kappa shape index (κ3) is 3.78. The lowest BCUT2D eigenvalue weighted by atomic mass is 10.2. The highest BCUT2D eigenvalue weighted by Gasteiger charge is 2.16. The molecule has 0 aliphatic rings. The minimum atomic E-state index is 0.401. The fourth-order valence-corrected chi connectivity index (χ4v) is 3.39. The molecule has 2 heterocycles. The Balaban J connectivity index is 1.49. The van der Waals surface area contributed by atoms with Crippen LogP contribution in [-0.2, 0) is 5.75 Å². The number of nitrogens with zero attached hydrogens (tertiary/aromatic N) is 5. The monoisotopic (exact) mass is 418 g/mol. The van der Waals surface area contributed by atoms with Crippen LogP contribution in [0.1, 0.15) is 5.89 Å². The molecule has 4 rings (SSSR count). The van der Waals surface area contributed by atoms with Crippen LogP contribution in [-0.4, -0.2) is 25.1 Å². The van der Waals surface area contributed by atoms with E-state index in [-0.39, 0.29) is 0 Å². The standard InChI is InChI=1S/C17H12Cl2N6OS/c18-11-7-5-10(6-8-11)16-23-21-14(26-16)9-27-17-24-22-15(25(17)20)12-3-1-2-4-13(12)19/h1-8H,9,20H2. The van der Waals surface area contributed by atoms with Gasteiger partial charge >= 0.3 is 0 Å². The fourth-order valence-electron chi connectivity index (χ4n) is 2.35. The Morgan fingerprint density at radius 3 is 2.52 bits per heavy atom. The predicted octanol–water partition coefficient (Wildman–Crippen LogP) is 4.31. The molecule has 2 aromatic carbocycles. The second kappa shape index (κ2) is 7.59. The van der Waals surface area contributed by atoms with Crippen LogP contribution in [0.15, 0.2) is 58.1 Å². The summed E-state index contributed by atoms with van der Waals surface area (Å²) in [6.45, 7) is 0. The van der Waals surface area contributed by atoms with Gasteiger partial charge in [0.15, 0.2) is 5.82 Å². The van der Waals surface area contributed by atoms with E-state index in [1.807, 2.05) is 30.3 Å². The van der Waals surface area contributed by atoms with Crippen molar-refractivity contribution in [3.05, 3.63) is 64.5 Å². The van der Waals surface area contributed by atoms with Crippen molar-refractivity contribution in [1.29, 1.82) is 0 Å². The van der Waals surface area contributed by atoms with Crippen LogP contribution in [0.2, 0.25) is 10.0 Å². The predicted molar refractivity (Wildman–Crippen MR) is 105 cm³/mol. The van der Waals surface area contributed by atoms with E-state index >= 15 is 0 Å². The first-order chi connectivity index (χ1) is 13.1. The van der Waals surface area contributed by atoms with Crippen molar-refractivity contribution in [2.45, 2.75) is 10.9 Å². The summed E-state index contributed by atoms with van der Waals surface area (Å²) in [6.07, 6.45) is 0. The Labute approximate surface area is 168 Å². The number of rotatable bonds is 5. The van der Waals surface area contributed by atoms with E-state index in [1.54, 1.807) is 18.2 Å². The van der Waals surface area contributed by atoms with Crippen LogP contribution in [0.3, 0.4) is 0 Å². The summed E-state index contributed by atoms with van der Waals surface area (Å²) >= 11 is 13.4. The summed E-state index contributed by atoms with van der Waals surface area (Å²) in [5.41, 5.74) is 1.51. The second-order valence-electron chi connectivity index (χ2n) is 5.45. The highest BCUT2D eigenvalue weighted by atomic mass is 35.5. The van der Waals surface area contributed by atoms with Crippen LogP contribution in [0.5, 0.6) is 0 Å². The summed E-state index contributed by atoms with van der Waals surface area (Å²) in [5, 5.41) is 18.0. The first kappa shape index (κ1) is 17.8. The first-order valence-electron chi connectivity index (χ1n) is 7.78. The van der Waals surface area contributed by atoms with E-state index in [0.29, 0.717) is 44.1 Å². The molecule has 0 aliphatic carbocycles. The minimum Gasteiger partial charge on any atom is -0.420 e. The molecule has 2 aromatic heterocycles. The molecule has 0 amide bonds. The maximum Gasteiger partial charge on any atom is 0.247 e. The third-order valence-corrected chi connectivity index (χ3v) is 5.17. The van der Waals surface area contributed by atoms with Crippen LogP contribution in [0.25, 0.3) is 22.8 Å². The normalized spacial score (nSPS) is 11.0. The van der Waals surface area contributed by atoms with Crippen molar-refractivity contribution in [1.82, 2.24) is 25.1 Å². The van der Waals surface area contributed by atoms with Crippen molar-refractivity contribution in [3.8, 4) is 22.8 Å². The number of thioether (sulfide) groups is 1. The van der Waals surface area contributed by atoms with Gasteiger partial charge in [0.25, 0.3) is 0 Å². The Bertz CT molecular complexity index is 1080. The minimum absolute atomic E-state index is 0.401. The molecular formula is C17H12Cl2N6OS. The van der Waals surface area contributed by atoms with Gasteiger partial charge in [0, 0.05) is 16.1 Å². The average Bonchev–Trinajstić information content (AvgIpc) is 3.28. The highest BCUT2D eigenvalue weighted by molar-refractivity contribution is 7.98. The topological polar surface area (TPSA) is 95.7 Å². The SMILES string of the molecule is Nn1c(SCc2nnc(-c3ccc(Cl)cc3)o2)nnc1-c1ccccc1Cl. The van der Waals surface area contributed by atoms with E-state index in [2.05, 4.69) is 20.4 Å². The first-order valence-corrected chi connectivity index (χ1v) is 9.52. The number of hydrogen-bond acceptors (Lipinski definition) is 7. The molecular weight excluding hydrogens is 407 g/mol. The molecule has 2 N–H and O–H groups in total. The molecule has 4 aromatic rings. The zero-order valence-corrected chi connectivity index (χ0v) is 16.0. The van der Waals surface area contributed by atoms with Gasteiger partial charge < -0.3 is 10.3 Å². The van der Waals surface area contributed by atoms with Crippen LogP contribution >= 0.6 is 35.0 Å². The lowest BCUT2D eigenvalue weighted by Crippen LogP contribution is -2.11. The summed E-state index contributed by atoms with van der Waals surface area (Å²) < 4.78 is 7.07. The highest BCUT2D eigenvalue weighted by Crippen LogP contribution is 2.29. The second-order valence-corrected chi connectivity index (χ2v) is 7.24. The molecule has 0 bridgehead atoms. The van der Waals surface area contributed by atoms with Gasteiger partial charge in [-0.1, -0.05) is 47.1 Å². The Hall–Kier alpha value is -2.55. The van der Waals surface area contributed by atoms with Gasteiger partial charge in [0.1, 0.15) is 0 Å². The zero-order valence-electron chi connectivity index (χ0n) is 13.7. The lowest BCUT2D eigenvalue weighted by molar-refractivity contribution is 0.528. The van der Waals surface area contributed by atoms with Gasteiger partial charge in [0.2, 0.25) is 16.9 Å². The Morgan fingerprint density at radius 1 is 0.963 bits per heavy atom. The van der Waals surface area contributed by atoms with Gasteiger partial charge in [-0.05, 0) is 36.4 Å². The lowest BCUT2D eigenvalue weighted by Gasteiger charge is -2.04. The van der Waals surface area contributed by atoms with E-state index in [9.17, 15) is 0 Å². The molecule has 0 spiro atoms. The molecule has 0 radical (unpaired) electrons. The number of halogens is 2. The van der Waals surface area contributed by atoms with Gasteiger partial charge in [0.05, 0.1) is 10.8 Å². The molecule has 0 fully saturated rings. The van der Waals surface area contributed by atoms with E-state index in [4.69, 9.17) is 33.5 Å². The molecule has 27 heavy (non-hydrogen) atoms. The molecule has 0 aliphatic heterocycles. The van der Waals surface area contributed by atoms with Crippen LogP contribution in [0.4, 0.5) is 0 Å². The maximum atomic E-state index is 6.20. The summed E-state index contributed by atoms with van der Waals surface area (Å²) in [5.74, 6) is 7.87. The molecule has 0 unspecified atom stereocenters. The van der Waals surface area contributed by atoms with Gasteiger partial charge in [-0.25, -0.2) is 4.68 Å². The maximum absolute atomic E-state index is 6.20. The molecule has 0 atom stereocenters. The van der Waals surface area contributed by atoms with Crippen LogP contribution in [0, 0.1) is 0 Å². The van der Waals surface area contributed by atoms with Crippen LogP contribution < -0.4 is 5.84 Å². The van der Waals surface area contributed by atoms with Gasteiger partial charge in [-0.3, -0.25) is 0 Å². The largest absolute Gasteiger partial charge is 0.420 e. The molecule has 10 heteroatoms.